The summed E-state index contributed by atoms with van der Waals surface area (Å²) in [4.78, 5) is 25.9. The molecule has 2 aromatic rings. The van der Waals surface area contributed by atoms with Crippen molar-refractivity contribution in [2.24, 2.45) is 5.92 Å². The summed E-state index contributed by atoms with van der Waals surface area (Å²) in [5, 5.41) is 11.0. The summed E-state index contributed by atoms with van der Waals surface area (Å²) in [5.74, 6) is -1.53. The number of nitrogens with zero attached hydrogens (tertiary/aromatic N) is 1. The highest BCUT2D eigenvalue weighted by molar-refractivity contribution is 9.10. The predicted octanol–water partition coefficient (Wildman–Crippen LogP) is 3.93. The molecule has 4 nitrogen and oxygen atoms in total. The molecule has 1 aliphatic rings. The Kier molecular flexibility index (Phi) is 4.39. The molecule has 2 aromatic carbocycles. The van der Waals surface area contributed by atoms with Crippen molar-refractivity contribution in [2.45, 2.75) is 25.8 Å². The molecule has 5 heteroatoms. The maximum absolute atomic E-state index is 13.1. The number of rotatable bonds is 5. The summed E-state index contributed by atoms with van der Waals surface area (Å²) in [6.07, 6.45) is 1.90. The third-order valence-electron chi connectivity index (χ3n) is 4.20. The zero-order chi connectivity index (χ0) is 16.6. The Labute approximate surface area is 143 Å². The van der Waals surface area contributed by atoms with Crippen molar-refractivity contribution in [3.63, 3.8) is 0 Å². The second-order valence-corrected chi connectivity index (χ2v) is 7.02. The summed E-state index contributed by atoms with van der Waals surface area (Å²) in [6, 6.07) is 11.7. The van der Waals surface area contributed by atoms with Gasteiger partial charge in [0.15, 0.2) is 0 Å². The van der Waals surface area contributed by atoms with Crippen molar-refractivity contribution in [1.29, 1.82) is 0 Å². The van der Waals surface area contributed by atoms with Gasteiger partial charge in [0.05, 0.1) is 5.92 Å². The number of hydrogen-bond acceptors (Lipinski definition) is 2. The van der Waals surface area contributed by atoms with Crippen LogP contribution in [0.25, 0.3) is 10.8 Å². The number of fused-ring (bicyclic) bond motifs is 1. The molecule has 0 saturated heterocycles. The normalized spacial score (nSPS) is 15.4. The highest BCUT2D eigenvalue weighted by atomic mass is 79.9. The Balaban J connectivity index is 1.99. The minimum absolute atomic E-state index is 0.0851. The lowest BCUT2D eigenvalue weighted by Crippen LogP contribution is -2.38. The lowest BCUT2D eigenvalue weighted by atomic mass is 10.0. The molecule has 1 unspecified atom stereocenters. The van der Waals surface area contributed by atoms with E-state index in [-0.39, 0.29) is 18.5 Å². The van der Waals surface area contributed by atoms with Gasteiger partial charge < -0.3 is 10.0 Å². The first-order valence-electron chi connectivity index (χ1n) is 7.69. The molecule has 3 rings (SSSR count). The van der Waals surface area contributed by atoms with E-state index in [4.69, 9.17) is 5.11 Å². The van der Waals surface area contributed by atoms with Crippen LogP contribution in [-0.4, -0.2) is 34.5 Å². The van der Waals surface area contributed by atoms with E-state index >= 15 is 0 Å². The van der Waals surface area contributed by atoms with Crippen LogP contribution < -0.4 is 0 Å². The molecule has 0 bridgehead atoms. The number of carbonyl (C=O) groups is 2. The van der Waals surface area contributed by atoms with Gasteiger partial charge in [-0.05, 0) is 35.7 Å². The molecule has 0 aromatic heterocycles. The fraction of sp³-hybridized carbons (Fsp3) is 0.333. The Bertz CT molecular complexity index is 770. The zero-order valence-electron chi connectivity index (χ0n) is 12.8. The zero-order valence-corrected chi connectivity index (χ0v) is 14.4. The number of carboxylic acids is 1. The first-order chi connectivity index (χ1) is 11.0. The van der Waals surface area contributed by atoms with E-state index < -0.39 is 11.9 Å². The van der Waals surface area contributed by atoms with E-state index in [1.807, 2.05) is 36.4 Å². The van der Waals surface area contributed by atoms with E-state index in [0.717, 1.165) is 28.1 Å². The lowest BCUT2D eigenvalue weighted by Gasteiger charge is -2.25. The van der Waals surface area contributed by atoms with Gasteiger partial charge in [-0.25, -0.2) is 0 Å². The number of carbonyl (C=O) groups excluding carboxylic acids is 1. The molecule has 1 N–H and O–H groups in total. The van der Waals surface area contributed by atoms with Crippen LogP contribution in [0.5, 0.6) is 0 Å². The van der Waals surface area contributed by atoms with Crippen molar-refractivity contribution in [3.8, 4) is 0 Å². The van der Waals surface area contributed by atoms with Crippen LogP contribution in [0, 0.1) is 5.92 Å². The van der Waals surface area contributed by atoms with E-state index in [1.165, 1.54) is 0 Å². The topological polar surface area (TPSA) is 57.6 Å². The molecule has 0 spiro atoms. The monoisotopic (exact) mass is 375 g/mol. The number of carboxylic acid groups (broad SMARTS) is 1. The van der Waals surface area contributed by atoms with E-state index in [9.17, 15) is 9.59 Å². The van der Waals surface area contributed by atoms with Gasteiger partial charge >= 0.3 is 5.97 Å². The van der Waals surface area contributed by atoms with Crippen molar-refractivity contribution in [2.75, 3.05) is 6.54 Å². The van der Waals surface area contributed by atoms with Crippen LogP contribution in [0.15, 0.2) is 40.9 Å². The minimum Gasteiger partial charge on any atom is -0.481 e. The van der Waals surface area contributed by atoms with Crippen molar-refractivity contribution in [3.05, 3.63) is 46.4 Å². The standard InChI is InChI=1S/C18H18BrNO3/c1-11(18(22)23)10-20(14-6-7-14)17(21)16-9-13(19)8-12-4-2-3-5-15(12)16/h2-5,8-9,11,14H,6-7,10H2,1H3,(H,22,23). The average molecular weight is 376 g/mol. The molecule has 1 saturated carbocycles. The number of halogens is 1. The molecule has 120 valence electrons. The minimum atomic E-state index is -0.873. The van der Waals surface area contributed by atoms with Crippen LogP contribution in [0.2, 0.25) is 0 Å². The summed E-state index contributed by atoms with van der Waals surface area (Å²) in [6.45, 7) is 1.89. The van der Waals surface area contributed by atoms with Crippen LogP contribution in [0.1, 0.15) is 30.1 Å². The van der Waals surface area contributed by atoms with Gasteiger partial charge in [-0.2, -0.15) is 0 Å². The van der Waals surface area contributed by atoms with Gasteiger partial charge in [0, 0.05) is 22.6 Å². The highest BCUT2D eigenvalue weighted by Gasteiger charge is 2.35. The third kappa shape index (κ3) is 3.39. The molecule has 23 heavy (non-hydrogen) atoms. The molecule has 0 aliphatic heterocycles. The highest BCUT2D eigenvalue weighted by Crippen LogP contribution is 2.32. The Morgan fingerprint density at radius 1 is 1.30 bits per heavy atom. The fourth-order valence-corrected chi connectivity index (χ4v) is 3.24. The summed E-state index contributed by atoms with van der Waals surface area (Å²) in [5.41, 5.74) is 0.625. The van der Waals surface area contributed by atoms with Crippen LogP contribution in [0.3, 0.4) is 0 Å². The largest absolute Gasteiger partial charge is 0.481 e. The maximum atomic E-state index is 13.1. The number of amides is 1. The van der Waals surface area contributed by atoms with E-state index in [1.54, 1.807) is 11.8 Å². The molecular formula is C18H18BrNO3. The maximum Gasteiger partial charge on any atom is 0.308 e. The van der Waals surface area contributed by atoms with Gasteiger partial charge in [0.1, 0.15) is 0 Å². The summed E-state index contributed by atoms with van der Waals surface area (Å²) in [7, 11) is 0. The number of aliphatic carboxylic acids is 1. The summed E-state index contributed by atoms with van der Waals surface area (Å²) >= 11 is 3.46. The third-order valence-corrected chi connectivity index (χ3v) is 4.66. The SMILES string of the molecule is CC(CN(C(=O)c1cc(Br)cc2ccccc12)C1CC1)C(=O)O. The number of benzene rings is 2. The fourth-order valence-electron chi connectivity index (χ4n) is 2.76. The molecule has 1 atom stereocenters. The van der Waals surface area contributed by atoms with Gasteiger partial charge in [-0.3, -0.25) is 9.59 Å². The van der Waals surface area contributed by atoms with Gasteiger partial charge in [-0.15, -0.1) is 0 Å². The van der Waals surface area contributed by atoms with Crippen LogP contribution in [-0.2, 0) is 4.79 Å². The molecule has 1 fully saturated rings. The number of hydrogen-bond donors (Lipinski definition) is 1. The molecule has 1 amide bonds. The molecule has 0 radical (unpaired) electrons. The van der Waals surface area contributed by atoms with Crippen molar-refractivity contribution in [1.82, 2.24) is 4.90 Å². The van der Waals surface area contributed by atoms with Gasteiger partial charge in [0.25, 0.3) is 5.91 Å². The predicted molar refractivity (Wildman–Crippen MR) is 92.5 cm³/mol. The van der Waals surface area contributed by atoms with Crippen molar-refractivity contribution < 1.29 is 14.7 Å². The van der Waals surface area contributed by atoms with E-state index in [2.05, 4.69) is 15.9 Å². The molecular weight excluding hydrogens is 358 g/mol. The molecule has 0 heterocycles. The van der Waals surface area contributed by atoms with Crippen molar-refractivity contribution >= 4 is 38.6 Å². The van der Waals surface area contributed by atoms with Gasteiger partial charge in [-0.1, -0.05) is 47.1 Å². The second kappa shape index (κ2) is 6.32. The Morgan fingerprint density at radius 2 is 2.00 bits per heavy atom. The van der Waals surface area contributed by atoms with Crippen LogP contribution >= 0.6 is 15.9 Å². The Hall–Kier alpha value is -1.88. The quantitative estimate of drug-likeness (QED) is 0.861. The van der Waals surface area contributed by atoms with E-state index in [0.29, 0.717) is 5.56 Å². The average Bonchev–Trinajstić information content (AvgIpc) is 3.35. The van der Waals surface area contributed by atoms with Gasteiger partial charge in [0.2, 0.25) is 0 Å². The molecule has 1 aliphatic carbocycles. The first kappa shape index (κ1) is 16.0. The smallest absolute Gasteiger partial charge is 0.308 e. The lowest BCUT2D eigenvalue weighted by molar-refractivity contribution is -0.141. The Morgan fingerprint density at radius 3 is 2.65 bits per heavy atom. The first-order valence-corrected chi connectivity index (χ1v) is 8.48. The summed E-state index contributed by atoms with van der Waals surface area (Å²) < 4.78 is 0.849. The second-order valence-electron chi connectivity index (χ2n) is 6.10. The van der Waals surface area contributed by atoms with Crippen LogP contribution in [0.4, 0.5) is 0 Å².